The fraction of sp³-hybridized carbons (Fsp3) is 0.609. The molecule has 8 heteroatoms. The Hall–Kier alpha value is -2.61. The molecule has 0 saturated carbocycles. The summed E-state index contributed by atoms with van der Waals surface area (Å²) >= 11 is 0. The molecular formula is C23H35N3O5. The second-order valence-electron chi connectivity index (χ2n) is 8.28. The zero-order valence-corrected chi connectivity index (χ0v) is 19.4. The van der Waals surface area contributed by atoms with Gasteiger partial charge < -0.3 is 24.6 Å². The molecule has 0 aromatic heterocycles. The molecule has 31 heavy (non-hydrogen) atoms. The van der Waals surface area contributed by atoms with Crippen molar-refractivity contribution in [1.29, 1.82) is 0 Å². The van der Waals surface area contributed by atoms with Crippen LogP contribution in [0.5, 0.6) is 5.75 Å². The number of benzene rings is 1. The molecule has 1 heterocycles. The molecule has 0 spiro atoms. The molecule has 3 amide bonds. The first-order valence-electron chi connectivity index (χ1n) is 10.8. The lowest BCUT2D eigenvalue weighted by atomic mass is 10.0. The van der Waals surface area contributed by atoms with Crippen LogP contribution >= 0.6 is 0 Å². The van der Waals surface area contributed by atoms with Gasteiger partial charge in [0.1, 0.15) is 12.4 Å². The number of fused-ring (bicyclic) bond motifs is 1. The summed E-state index contributed by atoms with van der Waals surface area (Å²) < 4.78 is 11.7. The molecule has 0 radical (unpaired) electrons. The van der Waals surface area contributed by atoms with E-state index in [-0.39, 0.29) is 42.4 Å². The third-order valence-corrected chi connectivity index (χ3v) is 5.61. The zero-order chi connectivity index (χ0) is 23.1. The van der Waals surface area contributed by atoms with Crippen molar-refractivity contribution in [1.82, 2.24) is 9.80 Å². The summed E-state index contributed by atoms with van der Waals surface area (Å²) in [5.74, 6) is 0.0882. The van der Waals surface area contributed by atoms with Gasteiger partial charge in [-0.25, -0.2) is 0 Å². The molecule has 8 nitrogen and oxygen atoms in total. The molecule has 0 fully saturated rings. The van der Waals surface area contributed by atoms with Gasteiger partial charge in [-0.15, -0.1) is 0 Å². The van der Waals surface area contributed by atoms with Gasteiger partial charge in [0.25, 0.3) is 5.91 Å². The summed E-state index contributed by atoms with van der Waals surface area (Å²) in [6.45, 7) is 8.52. The minimum atomic E-state index is -0.223. The average Bonchev–Trinajstić information content (AvgIpc) is 2.72. The molecule has 172 valence electrons. The number of ether oxygens (including phenoxy) is 2. The normalized spacial score (nSPS) is 22.6. The number of nitrogens with zero attached hydrogens (tertiary/aromatic N) is 2. The van der Waals surface area contributed by atoms with Gasteiger partial charge in [-0.1, -0.05) is 13.8 Å². The molecule has 0 unspecified atom stereocenters. The van der Waals surface area contributed by atoms with Crippen molar-refractivity contribution in [3.05, 3.63) is 23.8 Å². The second-order valence-corrected chi connectivity index (χ2v) is 8.28. The molecule has 0 aliphatic carbocycles. The van der Waals surface area contributed by atoms with Crippen molar-refractivity contribution in [3.63, 3.8) is 0 Å². The highest BCUT2D eigenvalue weighted by Gasteiger charge is 2.29. The SMILES string of the molecule is CCCC(=O)Nc1ccc2c(c1)OC[C@H](C)N(C(C)=O)C[C@H](C)[C@H](OC)CN(C)C2=O. The largest absolute Gasteiger partial charge is 0.491 e. The maximum absolute atomic E-state index is 13.1. The summed E-state index contributed by atoms with van der Waals surface area (Å²) in [6.07, 6.45) is 0.939. The molecule has 1 aromatic carbocycles. The van der Waals surface area contributed by atoms with Crippen LogP contribution in [-0.2, 0) is 14.3 Å². The Morgan fingerprint density at radius 1 is 1.26 bits per heavy atom. The maximum Gasteiger partial charge on any atom is 0.257 e. The van der Waals surface area contributed by atoms with E-state index in [1.54, 1.807) is 49.1 Å². The Morgan fingerprint density at radius 3 is 2.58 bits per heavy atom. The lowest BCUT2D eigenvalue weighted by molar-refractivity contribution is -0.133. The first-order chi connectivity index (χ1) is 14.7. The van der Waals surface area contributed by atoms with E-state index < -0.39 is 0 Å². The van der Waals surface area contributed by atoms with E-state index in [0.717, 1.165) is 6.42 Å². The van der Waals surface area contributed by atoms with Crippen LogP contribution in [0.15, 0.2) is 18.2 Å². The van der Waals surface area contributed by atoms with Crippen LogP contribution in [0.1, 0.15) is 50.9 Å². The maximum atomic E-state index is 13.1. The van der Waals surface area contributed by atoms with Crippen LogP contribution in [-0.4, -0.2) is 73.5 Å². The van der Waals surface area contributed by atoms with Crippen molar-refractivity contribution in [2.24, 2.45) is 5.92 Å². The number of nitrogens with one attached hydrogen (secondary N) is 1. The Balaban J connectivity index is 2.41. The number of carbonyl (C=O) groups excluding carboxylic acids is 3. The van der Waals surface area contributed by atoms with Gasteiger partial charge in [0, 0.05) is 58.3 Å². The minimum absolute atomic E-state index is 0.0293. The van der Waals surface area contributed by atoms with Crippen LogP contribution in [0.4, 0.5) is 5.69 Å². The van der Waals surface area contributed by atoms with E-state index in [4.69, 9.17) is 9.47 Å². The van der Waals surface area contributed by atoms with Gasteiger partial charge in [-0.3, -0.25) is 14.4 Å². The van der Waals surface area contributed by atoms with E-state index in [2.05, 4.69) is 5.32 Å². The fourth-order valence-electron chi connectivity index (χ4n) is 3.74. The van der Waals surface area contributed by atoms with E-state index in [1.807, 2.05) is 20.8 Å². The van der Waals surface area contributed by atoms with E-state index in [0.29, 0.717) is 36.5 Å². The van der Waals surface area contributed by atoms with Gasteiger partial charge >= 0.3 is 0 Å². The summed E-state index contributed by atoms with van der Waals surface area (Å²) in [6, 6.07) is 4.84. The quantitative estimate of drug-likeness (QED) is 0.789. The Labute approximate surface area is 184 Å². The predicted molar refractivity (Wildman–Crippen MR) is 119 cm³/mol. The molecule has 1 aliphatic rings. The number of anilines is 1. The Bertz CT molecular complexity index is 797. The van der Waals surface area contributed by atoms with Crippen molar-refractivity contribution in [2.45, 2.75) is 52.7 Å². The van der Waals surface area contributed by atoms with Crippen molar-refractivity contribution in [2.75, 3.05) is 39.2 Å². The highest BCUT2D eigenvalue weighted by atomic mass is 16.5. The second kappa shape index (κ2) is 11.1. The average molecular weight is 434 g/mol. The number of methoxy groups -OCH3 is 1. The van der Waals surface area contributed by atoms with Gasteiger partial charge in [-0.05, 0) is 25.5 Å². The summed E-state index contributed by atoms with van der Waals surface area (Å²) in [5.41, 5.74) is 0.972. The summed E-state index contributed by atoms with van der Waals surface area (Å²) in [4.78, 5) is 40.8. The lowest BCUT2D eigenvalue weighted by Gasteiger charge is -2.35. The topological polar surface area (TPSA) is 88.2 Å². The number of carbonyl (C=O) groups is 3. The van der Waals surface area contributed by atoms with Crippen molar-refractivity contribution >= 4 is 23.4 Å². The number of amides is 3. The Kier molecular flexibility index (Phi) is 8.86. The van der Waals surface area contributed by atoms with Crippen LogP contribution in [0, 0.1) is 5.92 Å². The third-order valence-electron chi connectivity index (χ3n) is 5.61. The summed E-state index contributed by atoms with van der Waals surface area (Å²) in [5, 5.41) is 2.84. The minimum Gasteiger partial charge on any atom is -0.491 e. The number of rotatable bonds is 4. The van der Waals surface area contributed by atoms with E-state index >= 15 is 0 Å². The van der Waals surface area contributed by atoms with Gasteiger partial charge in [0.05, 0.1) is 17.7 Å². The van der Waals surface area contributed by atoms with Gasteiger partial charge in [0.2, 0.25) is 11.8 Å². The van der Waals surface area contributed by atoms with Crippen LogP contribution in [0.3, 0.4) is 0 Å². The van der Waals surface area contributed by atoms with E-state index in [9.17, 15) is 14.4 Å². The molecule has 2 rings (SSSR count). The molecule has 0 bridgehead atoms. The van der Waals surface area contributed by atoms with Crippen LogP contribution in [0.2, 0.25) is 0 Å². The highest BCUT2D eigenvalue weighted by molar-refractivity contribution is 5.98. The van der Waals surface area contributed by atoms with Crippen LogP contribution < -0.4 is 10.1 Å². The smallest absolute Gasteiger partial charge is 0.257 e. The summed E-state index contributed by atoms with van der Waals surface area (Å²) in [7, 11) is 3.34. The van der Waals surface area contributed by atoms with Gasteiger partial charge in [-0.2, -0.15) is 0 Å². The Morgan fingerprint density at radius 2 is 1.97 bits per heavy atom. The lowest BCUT2D eigenvalue weighted by Crippen LogP contribution is -2.48. The number of likely N-dealkylation sites (N-methyl/N-ethyl adjacent to an activating group) is 1. The monoisotopic (exact) mass is 433 g/mol. The molecule has 1 aliphatic heterocycles. The number of hydrogen-bond donors (Lipinski definition) is 1. The molecule has 0 saturated heterocycles. The molecule has 3 atom stereocenters. The van der Waals surface area contributed by atoms with Gasteiger partial charge in [0.15, 0.2) is 0 Å². The fourth-order valence-corrected chi connectivity index (χ4v) is 3.74. The highest BCUT2D eigenvalue weighted by Crippen LogP contribution is 2.27. The van der Waals surface area contributed by atoms with Crippen molar-refractivity contribution in [3.8, 4) is 5.75 Å². The van der Waals surface area contributed by atoms with Crippen LogP contribution in [0.25, 0.3) is 0 Å². The van der Waals surface area contributed by atoms with Crippen molar-refractivity contribution < 1.29 is 23.9 Å². The predicted octanol–water partition coefficient (Wildman–Crippen LogP) is 2.78. The molecular weight excluding hydrogens is 398 g/mol. The molecule has 1 aromatic rings. The number of hydrogen-bond acceptors (Lipinski definition) is 5. The van der Waals surface area contributed by atoms with E-state index in [1.165, 1.54) is 0 Å². The zero-order valence-electron chi connectivity index (χ0n) is 19.4. The first kappa shape index (κ1) is 24.7. The third kappa shape index (κ3) is 6.43. The standard InChI is InChI=1S/C23H35N3O5/c1-7-8-22(28)24-18-9-10-19-20(11-18)31-14-16(3)26(17(4)27)12-15(2)21(30-6)13-25(5)23(19)29/h9-11,15-16,21H,7-8,12-14H2,1-6H3,(H,24,28)/t15-,16-,21+/m0/s1. The first-order valence-corrected chi connectivity index (χ1v) is 10.8. The molecule has 1 N–H and O–H groups in total.